The minimum atomic E-state index is -0.694. The summed E-state index contributed by atoms with van der Waals surface area (Å²) >= 11 is 0. The molecule has 0 unspecified atom stereocenters. The molecule has 172 valence electrons. The molecular formula is C24H36N2O5. The zero-order chi connectivity index (χ0) is 21.9. The molecule has 0 radical (unpaired) electrons. The quantitative estimate of drug-likeness (QED) is 0.613. The third kappa shape index (κ3) is 8.31. The number of alkyl carbamates (subject to hydrolysis) is 2. The molecule has 1 aromatic carbocycles. The second-order valence-corrected chi connectivity index (χ2v) is 8.66. The van der Waals surface area contributed by atoms with Crippen LogP contribution in [0.25, 0.3) is 0 Å². The predicted molar refractivity (Wildman–Crippen MR) is 118 cm³/mol. The van der Waals surface area contributed by atoms with Gasteiger partial charge in [0.25, 0.3) is 0 Å². The van der Waals surface area contributed by atoms with Crippen LogP contribution in [0.5, 0.6) is 5.75 Å². The number of benzene rings is 1. The Morgan fingerprint density at radius 3 is 2.06 bits per heavy atom. The molecule has 2 fully saturated rings. The van der Waals surface area contributed by atoms with Crippen molar-refractivity contribution in [3.63, 3.8) is 0 Å². The van der Waals surface area contributed by atoms with Gasteiger partial charge in [-0.25, -0.2) is 9.59 Å². The highest BCUT2D eigenvalue weighted by Gasteiger charge is 2.23. The summed E-state index contributed by atoms with van der Waals surface area (Å²) < 4.78 is 16.8. The molecule has 2 aliphatic rings. The maximum Gasteiger partial charge on any atom is 0.407 e. The van der Waals surface area contributed by atoms with Crippen LogP contribution in [-0.2, 0) is 9.47 Å². The highest BCUT2D eigenvalue weighted by molar-refractivity contribution is 5.68. The van der Waals surface area contributed by atoms with Crippen molar-refractivity contribution in [1.82, 2.24) is 10.6 Å². The Hall–Kier alpha value is -2.44. The van der Waals surface area contributed by atoms with E-state index < -0.39 is 18.3 Å². The van der Waals surface area contributed by atoms with Crippen LogP contribution in [0.15, 0.2) is 24.3 Å². The molecule has 0 heterocycles. The van der Waals surface area contributed by atoms with Gasteiger partial charge in [-0.2, -0.15) is 0 Å². The average molecular weight is 433 g/mol. The van der Waals surface area contributed by atoms with Crippen LogP contribution in [0.3, 0.4) is 0 Å². The number of rotatable bonds is 8. The number of aryl methyl sites for hydroxylation is 1. The first kappa shape index (κ1) is 23.2. The molecule has 0 bridgehead atoms. The van der Waals surface area contributed by atoms with E-state index in [0.717, 1.165) is 62.7 Å². The summed E-state index contributed by atoms with van der Waals surface area (Å²) in [5, 5.41) is 5.86. The number of carbonyl (C=O) groups excluding carboxylic acids is 2. The van der Waals surface area contributed by atoms with Gasteiger partial charge < -0.3 is 24.8 Å². The fourth-order valence-corrected chi connectivity index (χ4v) is 4.24. The molecule has 0 aromatic heterocycles. The predicted octanol–water partition coefficient (Wildman–Crippen LogP) is 4.86. The maximum atomic E-state index is 12.4. The van der Waals surface area contributed by atoms with Gasteiger partial charge in [-0.1, -0.05) is 56.7 Å². The lowest BCUT2D eigenvalue weighted by Gasteiger charge is -2.25. The Morgan fingerprint density at radius 2 is 1.45 bits per heavy atom. The smallest absolute Gasteiger partial charge is 0.407 e. The normalized spacial score (nSPS) is 18.6. The minimum absolute atomic E-state index is 0.0531. The van der Waals surface area contributed by atoms with Crippen LogP contribution in [0.1, 0.15) is 69.8 Å². The lowest BCUT2D eigenvalue weighted by atomic mass is 9.96. The van der Waals surface area contributed by atoms with Crippen molar-refractivity contribution in [3.8, 4) is 5.75 Å². The van der Waals surface area contributed by atoms with Gasteiger partial charge in [-0.05, 0) is 44.2 Å². The molecule has 0 spiro atoms. The topological polar surface area (TPSA) is 85.9 Å². The van der Waals surface area contributed by atoms with Gasteiger partial charge in [-0.3, -0.25) is 0 Å². The highest BCUT2D eigenvalue weighted by Crippen LogP contribution is 2.19. The van der Waals surface area contributed by atoms with Crippen molar-refractivity contribution in [1.29, 1.82) is 0 Å². The van der Waals surface area contributed by atoms with Crippen molar-refractivity contribution in [2.75, 3.05) is 13.2 Å². The molecule has 2 aliphatic carbocycles. The number of carbonyl (C=O) groups is 2. The van der Waals surface area contributed by atoms with Gasteiger partial charge in [-0.15, -0.1) is 0 Å². The fraction of sp³-hybridized carbons (Fsp3) is 0.667. The Bertz CT molecular complexity index is 699. The van der Waals surface area contributed by atoms with E-state index in [2.05, 4.69) is 10.6 Å². The number of ether oxygens (including phenoxy) is 3. The second kappa shape index (κ2) is 12.4. The standard InChI is InChI=1S/C24H36N2O5/c1-18-10-8-9-15-22(18)29-16-21(31-24(28)26-20-13-6-3-7-14-20)17-30-23(27)25-19-11-4-2-5-12-19/h8-10,15,19-21H,2-7,11-14,16-17H2,1H3,(H,25,27)(H,26,28)/t21-/m0/s1. The van der Waals surface area contributed by atoms with Gasteiger partial charge in [0.05, 0.1) is 0 Å². The van der Waals surface area contributed by atoms with Gasteiger partial charge in [0.1, 0.15) is 19.0 Å². The van der Waals surface area contributed by atoms with Crippen LogP contribution in [-0.4, -0.2) is 43.6 Å². The molecule has 0 aliphatic heterocycles. The summed E-state index contributed by atoms with van der Waals surface area (Å²) in [6.07, 6.45) is 9.18. The molecule has 2 N–H and O–H groups in total. The van der Waals surface area contributed by atoms with E-state index in [9.17, 15) is 9.59 Å². The summed E-state index contributed by atoms with van der Waals surface area (Å²) in [5.74, 6) is 0.718. The van der Waals surface area contributed by atoms with Crippen molar-refractivity contribution in [3.05, 3.63) is 29.8 Å². The first-order chi connectivity index (χ1) is 15.1. The lowest BCUT2D eigenvalue weighted by molar-refractivity contribution is 0.0171. The van der Waals surface area contributed by atoms with Crippen molar-refractivity contribution in [2.24, 2.45) is 0 Å². The molecule has 2 amide bonds. The van der Waals surface area contributed by atoms with Gasteiger partial charge >= 0.3 is 12.2 Å². The van der Waals surface area contributed by atoms with E-state index in [0.29, 0.717) is 0 Å². The average Bonchev–Trinajstić information content (AvgIpc) is 2.78. The Balaban J connectivity index is 1.50. The van der Waals surface area contributed by atoms with Crippen molar-refractivity contribution >= 4 is 12.2 Å². The molecule has 1 atom stereocenters. The van der Waals surface area contributed by atoms with Crippen molar-refractivity contribution < 1.29 is 23.8 Å². The summed E-state index contributed by atoms with van der Waals surface area (Å²) in [7, 11) is 0. The van der Waals surface area contributed by atoms with Crippen LogP contribution < -0.4 is 15.4 Å². The monoisotopic (exact) mass is 432 g/mol. The van der Waals surface area contributed by atoms with Crippen LogP contribution in [0, 0.1) is 6.92 Å². The number of hydrogen-bond acceptors (Lipinski definition) is 5. The summed E-state index contributed by atoms with van der Waals surface area (Å²) in [5.41, 5.74) is 0.990. The first-order valence-electron chi connectivity index (χ1n) is 11.7. The van der Waals surface area contributed by atoms with Gasteiger partial charge in [0.15, 0.2) is 6.10 Å². The summed E-state index contributed by atoms with van der Waals surface area (Å²) in [6, 6.07) is 7.96. The number of para-hydroxylation sites is 1. The SMILES string of the molecule is Cc1ccccc1OC[C@@H](COC(=O)NC1CCCCC1)OC(=O)NC1CCCCC1. The van der Waals surface area contributed by atoms with Gasteiger partial charge in [0.2, 0.25) is 0 Å². The zero-order valence-electron chi connectivity index (χ0n) is 18.6. The van der Waals surface area contributed by atoms with E-state index in [4.69, 9.17) is 14.2 Å². The minimum Gasteiger partial charge on any atom is -0.489 e. The molecular weight excluding hydrogens is 396 g/mol. The fourth-order valence-electron chi connectivity index (χ4n) is 4.24. The Labute approximate surface area is 185 Å². The van der Waals surface area contributed by atoms with E-state index in [1.807, 2.05) is 31.2 Å². The second-order valence-electron chi connectivity index (χ2n) is 8.66. The van der Waals surface area contributed by atoms with E-state index in [-0.39, 0.29) is 25.3 Å². The summed E-state index contributed by atoms with van der Waals surface area (Å²) in [4.78, 5) is 24.6. The first-order valence-corrected chi connectivity index (χ1v) is 11.7. The molecule has 31 heavy (non-hydrogen) atoms. The Kier molecular flexibility index (Phi) is 9.31. The third-order valence-electron chi connectivity index (χ3n) is 6.05. The Morgan fingerprint density at radius 1 is 0.871 bits per heavy atom. The molecule has 7 heteroatoms. The van der Waals surface area contributed by atoms with E-state index in [1.54, 1.807) is 0 Å². The largest absolute Gasteiger partial charge is 0.489 e. The zero-order valence-corrected chi connectivity index (χ0v) is 18.6. The summed E-state index contributed by atoms with van der Waals surface area (Å²) in [6.45, 7) is 2.01. The number of hydrogen-bond donors (Lipinski definition) is 2. The van der Waals surface area contributed by atoms with E-state index >= 15 is 0 Å². The molecule has 3 rings (SSSR count). The molecule has 2 saturated carbocycles. The maximum absolute atomic E-state index is 12.4. The third-order valence-corrected chi connectivity index (χ3v) is 6.05. The van der Waals surface area contributed by atoms with Crippen LogP contribution in [0.4, 0.5) is 9.59 Å². The van der Waals surface area contributed by atoms with Crippen LogP contribution in [0.2, 0.25) is 0 Å². The van der Waals surface area contributed by atoms with Gasteiger partial charge in [0, 0.05) is 12.1 Å². The molecule has 0 saturated heterocycles. The van der Waals surface area contributed by atoms with E-state index in [1.165, 1.54) is 12.8 Å². The lowest BCUT2D eigenvalue weighted by Crippen LogP contribution is -2.42. The number of nitrogens with one attached hydrogen (secondary N) is 2. The molecule has 1 aromatic rings. The van der Waals surface area contributed by atoms with Crippen LogP contribution >= 0.6 is 0 Å². The highest BCUT2D eigenvalue weighted by atomic mass is 16.6. The molecule has 7 nitrogen and oxygen atoms in total. The van der Waals surface area contributed by atoms with Crippen molar-refractivity contribution in [2.45, 2.75) is 89.3 Å². The number of amides is 2.